The number of nitrogens with zero attached hydrogens (tertiary/aromatic N) is 2. The van der Waals surface area contributed by atoms with E-state index >= 15 is 0 Å². The Kier molecular flexibility index (Phi) is 3.50. The maximum Gasteiger partial charge on any atom is 0.300 e. The highest BCUT2D eigenvalue weighted by Gasteiger charge is 2.20. The summed E-state index contributed by atoms with van der Waals surface area (Å²) >= 11 is 0. The fourth-order valence-electron chi connectivity index (χ4n) is 0.968. The van der Waals surface area contributed by atoms with Crippen LogP contribution in [0.3, 0.4) is 0 Å². The van der Waals surface area contributed by atoms with Gasteiger partial charge in [0.15, 0.2) is 0 Å². The van der Waals surface area contributed by atoms with E-state index in [0.717, 1.165) is 0 Å². The maximum absolute atomic E-state index is 11.4. The van der Waals surface area contributed by atoms with Crippen molar-refractivity contribution in [3.05, 3.63) is 46.8 Å². The van der Waals surface area contributed by atoms with Crippen LogP contribution >= 0.6 is 0 Å². The Labute approximate surface area is 85.8 Å². The highest BCUT2D eigenvalue weighted by atomic mass is 16.6. The van der Waals surface area contributed by atoms with Crippen molar-refractivity contribution in [1.29, 1.82) is 0 Å². The van der Waals surface area contributed by atoms with Gasteiger partial charge in [-0.3, -0.25) is 14.9 Å². The third-order valence-corrected chi connectivity index (χ3v) is 1.61. The third kappa shape index (κ3) is 2.60. The van der Waals surface area contributed by atoms with Gasteiger partial charge in [-0.2, -0.15) is 0 Å². The first-order valence-corrected chi connectivity index (χ1v) is 4.15. The lowest BCUT2D eigenvalue weighted by Crippen LogP contribution is -2.25. The SMILES string of the molecule is C=CCNC(=O)c1ncccc1[N+](=O)[O-]. The molecule has 0 aromatic carbocycles. The molecule has 0 fully saturated rings. The first kappa shape index (κ1) is 10.8. The summed E-state index contributed by atoms with van der Waals surface area (Å²) in [5.41, 5.74) is -0.497. The average molecular weight is 207 g/mol. The van der Waals surface area contributed by atoms with E-state index in [0.29, 0.717) is 0 Å². The zero-order valence-corrected chi connectivity index (χ0v) is 7.84. The predicted molar refractivity (Wildman–Crippen MR) is 53.4 cm³/mol. The quantitative estimate of drug-likeness (QED) is 0.451. The minimum absolute atomic E-state index is 0.190. The van der Waals surface area contributed by atoms with Crippen molar-refractivity contribution < 1.29 is 9.72 Å². The molecule has 1 aromatic rings. The zero-order valence-electron chi connectivity index (χ0n) is 7.84. The van der Waals surface area contributed by atoms with Gasteiger partial charge in [0, 0.05) is 18.8 Å². The summed E-state index contributed by atoms with van der Waals surface area (Å²) in [5.74, 6) is -0.581. The summed E-state index contributed by atoms with van der Waals surface area (Å²) in [6.07, 6.45) is 2.81. The number of aromatic nitrogens is 1. The van der Waals surface area contributed by atoms with E-state index in [4.69, 9.17) is 0 Å². The molecule has 0 aliphatic carbocycles. The van der Waals surface area contributed by atoms with Crippen LogP contribution in [0.1, 0.15) is 10.5 Å². The fraction of sp³-hybridized carbons (Fsp3) is 0.111. The van der Waals surface area contributed by atoms with Gasteiger partial charge >= 0.3 is 5.69 Å². The average Bonchev–Trinajstić information content (AvgIpc) is 2.25. The third-order valence-electron chi connectivity index (χ3n) is 1.61. The Balaban J connectivity index is 2.97. The Morgan fingerprint density at radius 1 is 1.73 bits per heavy atom. The molecule has 6 heteroatoms. The number of nitrogens with one attached hydrogen (secondary N) is 1. The lowest BCUT2D eigenvalue weighted by Gasteiger charge is -2.01. The normalized spacial score (nSPS) is 9.33. The summed E-state index contributed by atoms with van der Waals surface area (Å²) in [7, 11) is 0. The van der Waals surface area contributed by atoms with Crippen molar-refractivity contribution in [1.82, 2.24) is 10.3 Å². The van der Waals surface area contributed by atoms with Crippen molar-refractivity contribution in [2.75, 3.05) is 6.54 Å². The smallest absolute Gasteiger partial charge is 0.300 e. The van der Waals surface area contributed by atoms with E-state index in [1.54, 1.807) is 0 Å². The predicted octanol–water partition coefficient (Wildman–Crippen LogP) is 0.906. The van der Waals surface area contributed by atoms with E-state index in [-0.39, 0.29) is 17.9 Å². The molecule has 0 unspecified atom stereocenters. The van der Waals surface area contributed by atoms with Crippen LogP contribution < -0.4 is 5.32 Å². The summed E-state index contributed by atoms with van der Waals surface area (Å²) < 4.78 is 0. The van der Waals surface area contributed by atoms with Crippen LogP contribution in [0.15, 0.2) is 31.0 Å². The largest absolute Gasteiger partial charge is 0.347 e. The molecule has 0 atom stereocenters. The first-order chi connectivity index (χ1) is 7.16. The molecule has 1 N–H and O–H groups in total. The van der Waals surface area contributed by atoms with Crippen LogP contribution in [-0.4, -0.2) is 22.4 Å². The molecule has 1 rings (SSSR count). The molecular formula is C9H9N3O3. The molecule has 1 heterocycles. The van der Waals surface area contributed by atoms with Crippen LogP contribution in [0.5, 0.6) is 0 Å². The summed E-state index contributed by atoms with van der Waals surface area (Å²) in [6.45, 7) is 3.66. The maximum atomic E-state index is 11.4. The molecule has 1 amide bonds. The van der Waals surface area contributed by atoms with E-state index in [1.165, 1.54) is 24.4 Å². The number of carbonyl (C=O) groups is 1. The Morgan fingerprint density at radius 2 is 2.47 bits per heavy atom. The van der Waals surface area contributed by atoms with Crippen LogP contribution in [0.25, 0.3) is 0 Å². The number of carbonyl (C=O) groups excluding carboxylic acids is 1. The van der Waals surface area contributed by atoms with E-state index in [2.05, 4.69) is 16.9 Å². The van der Waals surface area contributed by atoms with Gasteiger partial charge in [-0.25, -0.2) is 4.98 Å². The van der Waals surface area contributed by atoms with Crippen LogP contribution in [0.4, 0.5) is 5.69 Å². The minimum atomic E-state index is -0.643. The number of hydrogen-bond acceptors (Lipinski definition) is 4. The summed E-state index contributed by atoms with van der Waals surface area (Å²) in [6, 6.07) is 2.64. The molecule has 0 bridgehead atoms. The van der Waals surface area contributed by atoms with E-state index in [1.807, 2.05) is 0 Å². The summed E-state index contributed by atoms with van der Waals surface area (Å²) in [5, 5.41) is 13.0. The highest BCUT2D eigenvalue weighted by Crippen LogP contribution is 2.14. The first-order valence-electron chi connectivity index (χ1n) is 4.15. The van der Waals surface area contributed by atoms with E-state index in [9.17, 15) is 14.9 Å². The number of nitro groups is 1. The standard InChI is InChI=1S/C9H9N3O3/c1-2-5-11-9(13)8-7(12(14)15)4-3-6-10-8/h2-4,6H,1,5H2,(H,11,13). The highest BCUT2D eigenvalue weighted by molar-refractivity contribution is 5.96. The topological polar surface area (TPSA) is 85.1 Å². The summed E-state index contributed by atoms with van der Waals surface area (Å²) in [4.78, 5) is 25.0. The molecule has 15 heavy (non-hydrogen) atoms. The molecule has 6 nitrogen and oxygen atoms in total. The van der Waals surface area contributed by atoms with Gasteiger partial charge in [-0.15, -0.1) is 6.58 Å². The molecular weight excluding hydrogens is 198 g/mol. The minimum Gasteiger partial charge on any atom is -0.347 e. The van der Waals surface area contributed by atoms with Crippen molar-refractivity contribution in [3.8, 4) is 0 Å². The molecule has 0 saturated carbocycles. The Hall–Kier alpha value is -2.24. The van der Waals surface area contributed by atoms with Gasteiger partial charge in [-0.1, -0.05) is 6.08 Å². The molecule has 1 aromatic heterocycles. The van der Waals surface area contributed by atoms with Crippen LogP contribution in [-0.2, 0) is 0 Å². The van der Waals surface area contributed by atoms with Gasteiger partial charge in [0.2, 0.25) is 5.69 Å². The van der Waals surface area contributed by atoms with Crippen molar-refractivity contribution in [2.24, 2.45) is 0 Å². The van der Waals surface area contributed by atoms with Gasteiger partial charge < -0.3 is 5.32 Å². The number of rotatable bonds is 4. The lowest BCUT2D eigenvalue weighted by molar-refractivity contribution is -0.385. The van der Waals surface area contributed by atoms with Gasteiger partial charge in [0.25, 0.3) is 5.91 Å². The second kappa shape index (κ2) is 4.85. The van der Waals surface area contributed by atoms with Gasteiger partial charge in [-0.05, 0) is 6.07 Å². The van der Waals surface area contributed by atoms with Crippen LogP contribution in [0, 0.1) is 10.1 Å². The molecule has 78 valence electrons. The van der Waals surface area contributed by atoms with Crippen molar-refractivity contribution >= 4 is 11.6 Å². The molecule has 0 aliphatic rings. The second-order valence-electron chi connectivity index (χ2n) is 2.63. The van der Waals surface area contributed by atoms with Crippen LogP contribution in [0.2, 0.25) is 0 Å². The Morgan fingerprint density at radius 3 is 3.07 bits per heavy atom. The fourth-order valence-corrected chi connectivity index (χ4v) is 0.968. The Bertz CT molecular complexity index is 403. The molecule has 0 aliphatic heterocycles. The van der Waals surface area contributed by atoms with Gasteiger partial charge in [0.1, 0.15) is 0 Å². The molecule has 0 saturated heterocycles. The monoisotopic (exact) mass is 207 g/mol. The second-order valence-corrected chi connectivity index (χ2v) is 2.63. The van der Waals surface area contributed by atoms with Gasteiger partial charge in [0.05, 0.1) is 4.92 Å². The van der Waals surface area contributed by atoms with Crippen molar-refractivity contribution in [2.45, 2.75) is 0 Å². The lowest BCUT2D eigenvalue weighted by atomic mass is 10.3. The molecule has 0 radical (unpaired) electrons. The number of amides is 1. The van der Waals surface area contributed by atoms with E-state index < -0.39 is 10.8 Å². The number of hydrogen-bond donors (Lipinski definition) is 1. The van der Waals surface area contributed by atoms with Crippen molar-refractivity contribution in [3.63, 3.8) is 0 Å². The zero-order chi connectivity index (χ0) is 11.3. The molecule has 0 spiro atoms. The number of pyridine rings is 1.